The average Bonchev–Trinajstić information content (AvgIpc) is 2.45. The number of carbonyl (C=O) groups excluding carboxylic acids is 2. The molecule has 0 atom stereocenters. The van der Waals surface area contributed by atoms with Gasteiger partial charge in [0, 0.05) is 31.9 Å². The number of nitrogens with one attached hydrogen (secondary N) is 1. The molecule has 1 aromatic heterocycles. The first-order valence-electron chi connectivity index (χ1n) is 7.48. The van der Waals surface area contributed by atoms with E-state index in [0.29, 0.717) is 5.92 Å². The SMILES string of the molecule is CC(=O)NCC(=O)N1CCC(Cc2ccnc(C)c2)CC1. The van der Waals surface area contributed by atoms with Gasteiger partial charge in [-0.15, -0.1) is 0 Å². The Bertz CT molecular complexity index is 508. The van der Waals surface area contributed by atoms with Crippen LogP contribution in [0.15, 0.2) is 18.3 Å². The number of aryl methyl sites for hydroxylation is 1. The Hall–Kier alpha value is -1.91. The van der Waals surface area contributed by atoms with Crippen molar-refractivity contribution in [3.63, 3.8) is 0 Å². The summed E-state index contributed by atoms with van der Waals surface area (Å²) < 4.78 is 0. The van der Waals surface area contributed by atoms with E-state index < -0.39 is 0 Å². The van der Waals surface area contributed by atoms with E-state index in [1.165, 1.54) is 12.5 Å². The third kappa shape index (κ3) is 4.85. The molecule has 1 aromatic rings. The van der Waals surface area contributed by atoms with Gasteiger partial charge in [-0.1, -0.05) is 0 Å². The van der Waals surface area contributed by atoms with Crippen LogP contribution in [-0.4, -0.2) is 41.3 Å². The van der Waals surface area contributed by atoms with E-state index in [4.69, 9.17) is 0 Å². The van der Waals surface area contributed by atoms with Crippen molar-refractivity contribution in [2.24, 2.45) is 5.92 Å². The number of piperidine rings is 1. The Labute approximate surface area is 125 Å². The molecule has 0 spiro atoms. The first kappa shape index (κ1) is 15.5. The van der Waals surface area contributed by atoms with Crippen molar-refractivity contribution < 1.29 is 9.59 Å². The molecule has 1 fully saturated rings. The summed E-state index contributed by atoms with van der Waals surface area (Å²) in [7, 11) is 0. The highest BCUT2D eigenvalue weighted by molar-refractivity contribution is 5.83. The summed E-state index contributed by atoms with van der Waals surface area (Å²) in [6.45, 7) is 5.12. The van der Waals surface area contributed by atoms with Crippen molar-refractivity contribution in [2.75, 3.05) is 19.6 Å². The quantitative estimate of drug-likeness (QED) is 0.909. The summed E-state index contributed by atoms with van der Waals surface area (Å²) in [5.41, 5.74) is 2.38. The second-order valence-electron chi connectivity index (χ2n) is 5.74. The summed E-state index contributed by atoms with van der Waals surface area (Å²) in [5, 5.41) is 2.56. The van der Waals surface area contributed by atoms with E-state index in [0.717, 1.165) is 38.0 Å². The fourth-order valence-electron chi connectivity index (χ4n) is 2.76. The number of amides is 2. The van der Waals surface area contributed by atoms with Gasteiger partial charge in [-0.3, -0.25) is 14.6 Å². The number of rotatable bonds is 4. The van der Waals surface area contributed by atoms with Crippen molar-refractivity contribution in [1.82, 2.24) is 15.2 Å². The summed E-state index contributed by atoms with van der Waals surface area (Å²) in [4.78, 5) is 28.8. The summed E-state index contributed by atoms with van der Waals surface area (Å²) >= 11 is 0. The predicted molar refractivity (Wildman–Crippen MR) is 80.7 cm³/mol. The van der Waals surface area contributed by atoms with E-state index in [1.807, 2.05) is 18.0 Å². The van der Waals surface area contributed by atoms with Crippen LogP contribution < -0.4 is 5.32 Å². The molecule has 0 aromatic carbocycles. The molecule has 0 aliphatic carbocycles. The molecule has 2 amide bonds. The van der Waals surface area contributed by atoms with E-state index >= 15 is 0 Å². The molecule has 5 heteroatoms. The lowest BCUT2D eigenvalue weighted by molar-refractivity contribution is -0.133. The van der Waals surface area contributed by atoms with Crippen molar-refractivity contribution in [2.45, 2.75) is 33.1 Å². The van der Waals surface area contributed by atoms with Crippen molar-refractivity contribution >= 4 is 11.8 Å². The number of nitrogens with zero attached hydrogens (tertiary/aromatic N) is 2. The Morgan fingerprint density at radius 3 is 2.71 bits per heavy atom. The van der Waals surface area contributed by atoms with Gasteiger partial charge >= 0.3 is 0 Å². The first-order chi connectivity index (χ1) is 10.0. The molecule has 1 saturated heterocycles. The summed E-state index contributed by atoms with van der Waals surface area (Å²) in [5.74, 6) is 0.478. The molecule has 5 nitrogen and oxygen atoms in total. The maximum Gasteiger partial charge on any atom is 0.241 e. The Morgan fingerprint density at radius 2 is 2.10 bits per heavy atom. The van der Waals surface area contributed by atoms with Gasteiger partial charge in [-0.2, -0.15) is 0 Å². The van der Waals surface area contributed by atoms with Crippen LogP contribution in [0.5, 0.6) is 0 Å². The minimum absolute atomic E-state index is 0.0170. The molecule has 1 N–H and O–H groups in total. The van der Waals surface area contributed by atoms with Gasteiger partial charge in [0.1, 0.15) is 0 Å². The molecule has 114 valence electrons. The fourth-order valence-corrected chi connectivity index (χ4v) is 2.76. The second-order valence-corrected chi connectivity index (χ2v) is 5.74. The Balaban J connectivity index is 1.78. The number of pyridine rings is 1. The van der Waals surface area contributed by atoms with Gasteiger partial charge in [-0.25, -0.2) is 0 Å². The zero-order chi connectivity index (χ0) is 15.2. The van der Waals surface area contributed by atoms with E-state index in [2.05, 4.69) is 22.4 Å². The zero-order valence-electron chi connectivity index (χ0n) is 12.8. The molecule has 1 aliphatic rings. The van der Waals surface area contributed by atoms with Crippen LogP contribution in [-0.2, 0) is 16.0 Å². The second kappa shape index (κ2) is 7.20. The molecule has 0 radical (unpaired) electrons. The molecular formula is C16H23N3O2. The smallest absolute Gasteiger partial charge is 0.241 e. The highest BCUT2D eigenvalue weighted by atomic mass is 16.2. The standard InChI is InChI=1S/C16H23N3O2/c1-12-9-15(3-6-17-12)10-14-4-7-19(8-5-14)16(21)11-18-13(2)20/h3,6,9,14H,4-5,7-8,10-11H2,1-2H3,(H,18,20). The third-order valence-electron chi connectivity index (χ3n) is 3.94. The summed E-state index contributed by atoms with van der Waals surface area (Å²) in [6.07, 6.45) is 4.95. The number of likely N-dealkylation sites (tertiary alicyclic amines) is 1. The van der Waals surface area contributed by atoms with Gasteiger partial charge in [0.2, 0.25) is 11.8 Å². The number of hydrogen-bond acceptors (Lipinski definition) is 3. The van der Waals surface area contributed by atoms with Gasteiger partial charge in [0.15, 0.2) is 0 Å². The fraction of sp³-hybridized carbons (Fsp3) is 0.562. The topological polar surface area (TPSA) is 62.3 Å². The number of aromatic nitrogens is 1. The highest BCUT2D eigenvalue weighted by Gasteiger charge is 2.22. The molecule has 0 unspecified atom stereocenters. The summed E-state index contributed by atoms with van der Waals surface area (Å²) in [6, 6.07) is 4.20. The van der Waals surface area contributed by atoms with Gasteiger partial charge in [0.05, 0.1) is 6.54 Å². The lowest BCUT2D eigenvalue weighted by Crippen LogP contribution is -2.44. The van der Waals surface area contributed by atoms with Crippen LogP contribution in [0.4, 0.5) is 0 Å². The van der Waals surface area contributed by atoms with E-state index in [-0.39, 0.29) is 18.4 Å². The van der Waals surface area contributed by atoms with Crippen LogP contribution in [0.1, 0.15) is 31.0 Å². The maximum atomic E-state index is 11.9. The maximum absolute atomic E-state index is 11.9. The lowest BCUT2D eigenvalue weighted by Gasteiger charge is -2.32. The lowest BCUT2D eigenvalue weighted by atomic mass is 9.90. The Morgan fingerprint density at radius 1 is 1.38 bits per heavy atom. The molecule has 2 heterocycles. The largest absolute Gasteiger partial charge is 0.347 e. The number of carbonyl (C=O) groups is 2. The van der Waals surface area contributed by atoms with Gasteiger partial charge in [-0.05, 0) is 49.8 Å². The van der Waals surface area contributed by atoms with Crippen LogP contribution in [0.25, 0.3) is 0 Å². The normalized spacial score (nSPS) is 15.8. The van der Waals surface area contributed by atoms with Crippen LogP contribution >= 0.6 is 0 Å². The van der Waals surface area contributed by atoms with Gasteiger partial charge in [0.25, 0.3) is 0 Å². The van der Waals surface area contributed by atoms with Crippen molar-refractivity contribution in [1.29, 1.82) is 0 Å². The highest BCUT2D eigenvalue weighted by Crippen LogP contribution is 2.21. The van der Waals surface area contributed by atoms with Crippen LogP contribution in [0, 0.1) is 12.8 Å². The number of hydrogen-bond donors (Lipinski definition) is 1. The van der Waals surface area contributed by atoms with E-state index in [9.17, 15) is 9.59 Å². The first-order valence-corrected chi connectivity index (χ1v) is 7.48. The zero-order valence-corrected chi connectivity index (χ0v) is 12.8. The molecule has 1 aliphatic heterocycles. The van der Waals surface area contributed by atoms with Crippen molar-refractivity contribution in [3.8, 4) is 0 Å². The van der Waals surface area contributed by atoms with Gasteiger partial charge < -0.3 is 10.2 Å². The molecule has 21 heavy (non-hydrogen) atoms. The third-order valence-corrected chi connectivity index (χ3v) is 3.94. The monoisotopic (exact) mass is 289 g/mol. The van der Waals surface area contributed by atoms with Crippen LogP contribution in [0.3, 0.4) is 0 Å². The van der Waals surface area contributed by atoms with E-state index in [1.54, 1.807) is 0 Å². The molecule has 0 saturated carbocycles. The molecular weight excluding hydrogens is 266 g/mol. The molecule has 2 rings (SSSR count). The molecule has 0 bridgehead atoms. The van der Waals surface area contributed by atoms with Crippen molar-refractivity contribution in [3.05, 3.63) is 29.6 Å². The minimum Gasteiger partial charge on any atom is -0.347 e. The Kier molecular flexibility index (Phi) is 5.31. The predicted octanol–water partition coefficient (Wildman–Crippen LogP) is 1.31. The van der Waals surface area contributed by atoms with Crippen LogP contribution in [0.2, 0.25) is 0 Å². The average molecular weight is 289 g/mol. The minimum atomic E-state index is -0.161.